The molecule has 2 aromatic rings. The highest BCUT2D eigenvalue weighted by Gasteiger charge is 2.30. The van der Waals surface area contributed by atoms with Gasteiger partial charge in [0.25, 0.3) is 0 Å². The number of carbonyl (C=O) groups is 1. The van der Waals surface area contributed by atoms with E-state index in [1.807, 2.05) is 0 Å². The predicted molar refractivity (Wildman–Crippen MR) is 65.9 cm³/mol. The van der Waals surface area contributed by atoms with Crippen LogP contribution in [0, 0.1) is 18.7 Å². The number of nitrogens with zero attached hydrogens (tertiary/aromatic N) is 2. The quantitative estimate of drug-likeness (QED) is 0.848. The van der Waals surface area contributed by atoms with Crippen molar-refractivity contribution in [3.63, 3.8) is 0 Å². The number of hydrogen-bond acceptors (Lipinski definition) is 4. The summed E-state index contributed by atoms with van der Waals surface area (Å²) in [6.45, 7) is 1.78. The summed E-state index contributed by atoms with van der Waals surface area (Å²) >= 11 is 0. The lowest BCUT2D eigenvalue weighted by Crippen LogP contribution is -2.04. The van der Waals surface area contributed by atoms with Gasteiger partial charge < -0.3 is 4.52 Å². The van der Waals surface area contributed by atoms with Crippen LogP contribution < -0.4 is 0 Å². The minimum atomic E-state index is -0.297. The minimum Gasteiger partial charge on any atom is -0.339 e. The first kappa shape index (κ1) is 12.0. The highest BCUT2D eigenvalue weighted by Crippen LogP contribution is 2.31. The van der Waals surface area contributed by atoms with E-state index in [0.29, 0.717) is 11.7 Å². The van der Waals surface area contributed by atoms with E-state index in [1.54, 1.807) is 13.0 Å². The summed E-state index contributed by atoms with van der Waals surface area (Å²) in [4.78, 5) is 15.9. The van der Waals surface area contributed by atoms with Gasteiger partial charge in [0.15, 0.2) is 0 Å². The molecule has 1 aliphatic rings. The molecule has 0 radical (unpaired) electrons. The van der Waals surface area contributed by atoms with Crippen LogP contribution in [0.25, 0.3) is 11.4 Å². The molecule has 0 bridgehead atoms. The number of halogens is 1. The molecule has 19 heavy (non-hydrogen) atoms. The van der Waals surface area contributed by atoms with Crippen molar-refractivity contribution >= 4 is 5.78 Å². The molecule has 4 nitrogen and oxygen atoms in total. The van der Waals surface area contributed by atoms with Crippen molar-refractivity contribution in [1.29, 1.82) is 0 Å². The van der Waals surface area contributed by atoms with Crippen molar-refractivity contribution < 1.29 is 13.7 Å². The molecule has 0 unspecified atom stereocenters. The molecule has 5 heteroatoms. The van der Waals surface area contributed by atoms with Gasteiger partial charge in [-0.2, -0.15) is 4.98 Å². The maximum absolute atomic E-state index is 13.0. The van der Waals surface area contributed by atoms with E-state index in [9.17, 15) is 9.18 Å². The largest absolute Gasteiger partial charge is 0.339 e. The third kappa shape index (κ3) is 2.54. The van der Waals surface area contributed by atoms with Crippen molar-refractivity contribution in [2.24, 2.45) is 5.92 Å². The zero-order valence-electron chi connectivity index (χ0n) is 10.5. The lowest BCUT2D eigenvalue weighted by Gasteiger charge is -1.99. The van der Waals surface area contributed by atoms with Crippen molar-refractivity contribution in [1.82, 2.24) is 10.1 Å². The van der Waals surface area contributed by atoms with Gasteiger partial charge in [-0.15, -0.1) is 0 Å². The monoisotopic (exact) mass is 260 g/mol. The number of aryl methyl sites for hydroxylation is 1. The summed E-state index contributed by atoms with van der Waals surface area (Å²) in [6.07, 6.45) is 2.13. The van der Waals surface area contributed by atoms with Crippen LogP contribution in [0.1, 0.15) is 24.3 Å². The molecule has 0 spiro atoms. The van der Waals surface area contributed by atoms with Crippen LogP contribution in [-0.4, -0.2) is 15.9 Å². The number of Topliss-reactive ketones (excluding diaryl/α,β-unsaturated/α-hetero) is 1. The molecule has 0 saturated heterocycles. The molecule has 0 N–H and O–H groups in total. The van der Waals surface area contributed by atoms with Gasteiger partial charge >= 0.3 is 0 Å². The second kappa shape index (κ2) is 4.57. The van der Waals surface area contributed by atoms with Gasteiger partial charge in [0.2, 0.25) is 11.7 Å². The van der Waals surface area contributed by atoms with Gasteiger partial charge in [0, 0.05) is 11.5 Å². The summed E-state index contributed by atoms with van der Waals surface area (Å²) in [5, 5.41) is 3.85. The molecule has 1 saturated carbocycles. The highest BCUT2D eigenvalue weighted by molar-refractivity contribution is 5.84. The van der Waals surface area contributed by atoms with Gasteiger partial charge in [0.1, 0.15) is 11.6 Å². The van der Waals surface area contributed by atoms with Crippen LogP contribution in [0.2, 0.25) is 0 Å². The van der Waals surface area contributed by atoms with E-state index < -0.39 is 0 Å². The maximum Gasteiger partial charge on any atom is 0.234 e. The average Bonchev–Trinajstić information content (AvgIpc) is 3.11. The van der Waals surface area contributed by atoms with Gasteiger partial charge in [-0.25, -0.2) is 4.39 Å². The molecule has 3 rings (SSSR count). The van der Waals surface area contributed by atoms with E-state index in [2.05, 4.69) is 10.1 Å². The van der Waals surface area contributed by atoms with Crippen LogP contribution in [0.4, 0.5) is 4.39 Å². The Labute approximate surface area is 109 Å². The van der Waals surface area contributed by atoms with Gasteiger partial charge in [-0.05, 0) is 43.5 Å². The van der Waals surface area contributed by atoms with Gasteiger partial charge in [-0.3, -0.25) is 4.79 Å². The first-order valence-corrected chi connectivity index (χ1v) is 6.25. The normalized spacial score (nSPS) is 14.6. The topological polar surface area (TPSA) is 56.0 Å². The van der Waals surface area contributed by atoms with Crippen LogP contribution in [-0.2, 0) is 11.2 Å². The van der Waals surface area contributed by atoms with Crippen LogP contribution in [0.5, 0.6) is 0 Å². The second-order valence-electron chi connectivity index (χ2n) is 4.89. The fourth-order valence-corrected chi connectivity index (χ4v) is 2.01. The second-order valence-corrected chi connectivity index (χ2v) is 4.89. The fourth-order valence-electron chi connectivity index (χ4n) is 2.01. The Morgan fingerprint density at radius 1 is 1.47 bits per heavy atom. The Balaban J connectivity index is 1.81. The first-order chi connectivity index (χ1) is 9.13. The Hall–Kier alpha value is -2.04. The van der Waals surface area contributed by atoms with Crippen molar-refractivity contribution in [3.8, 4) is 11.4 Å². The van der Waals surface area contributed by atoms with Crippen LogP contribution >= 0.6 is 0 Å². The molecule has 1 aliphatic carbocycles. The predicted octanol–water partition coefficient (Wildman–Crippen LogP) is 2.71. The zero-order valence-corrected chi connectivity index (χ0v) is 10.5. The van der Waals surface area contributed by atoms with Crippen molar-refractivity contribution in [2.75, 3.05) is 0 Å². The van der Waals surface area contributed by atoms with Crippen LogP contribution in [0.3, 0.4) is 0 Å². The number of rotatable bonds is 4. The highest BCUT2D eigenvalue weighted by atomic mass is 19.1. The summed E-state index contributed by atoms with van der Waals surface area (Å²) < 4.78 is 18.1. The number of carbonyl (C=O) groups excluding carboxylic acids is 1. The van der Waals surface area contributed by atoms with Crippen LogP contribution in [0.15, 0.2) is 22.7 Å². The number of ketones is 1. The van der Waals surface area contributed by atoms with Crippen molar-refractivity contribution in [2.45, 2.75) is 26.2 Å². The standard InChI is InChI=1S/C14H13FN2O2/c1-8-6-10(15)4-5-11(8)14-16-13(19-17-14)7-12(18)9-2-3-9/h4-6,9H,2-3,7H2,1H3. The fraction of sp³-hybridized carbons (Fsp3) is 0.357. The molecule has 0 amide bonds. The van der Waals surface area contributed by atoms with E-state index in [4.69, 9.17) is 4.52 Å². The van der Waals surface area contributed by atoms with Gasteiger partial charge in [0.05, 0.1) is 6.42 Å². The molecule has 0 aliphatic heterocycles. The number of hydrogen-bond donors (Lipinski definition) is 0. The first-order valence-electron chi connectivity index (χ1n) is 6.25. The molecule has 0 atom stereocenters. The summed E-state index contributed by atoms with van der Waals surface area (Å²) in [5.41, 5.74) is 1.45. The Kier molecular flexibility index (Phi) is 2.89. The van der Waals surface area contributed by atoms with Gasteiger partial charge in [-0.1, -0.05) is 5.16 Å². The number of benzene rings is 1. The molecular weight excluding hydrogens is 247 g/mol. The Morgan fingerprint density at radius 3 is 2.95 bits per heavy atom. The van der Waals surface area contributed by atoms with E-state index in [0.717, 1.165) is 24.0 Å². The van der Waals surface area contributed by atoms with E-state index in [-0.39, 0.29) is 23.9 Å². The lowest BCUT2D eigenvalue weighted by atomic mass is 10.1. The molecule has 1 aromatic carbocycles. The van der Waals surface area contributed by atoms with Crippen molar-refractivity contribution in [3.05, 3.63) is 35.5 Å². The molecule has 1 fully saturated rings. The van der Waals surface area contributed by atoms with E-state index >= 15 is 0 Å². The SMILES string of the molecule is Cc1cc(F)ccc1-c1noc(CC(=O)C2CC2)n1. The lowest BCUT2D eigenvalue weighted by molar-refractivity contribution is -0.119. The summed E-state index contributed by atoms with van der Waals surface area (Å²) in [5.74, 6) is 0.773. The summed E-state index contributed by atoms with van der Waals surface area (Å²) in [6, 6.07) is 4.39. The molecule has 98 valence electrons. The molecular formula is C14H13FN2O2. The maximum atomic E-state index is 13.0. The third-order valence-corrected chi connectivity index (χ3v) is 3.26. The third-order valence-electron chi connectivity index (χ3n) is 3.26. The molecule has 1 aromatic heterocycles. The minimum absolute atomic E-state index is 0.158. The number of aromatic nitrogens is 2. The summed E-state index contributed by atoms with van der Waals surface area (Å²) in [7, 11) is 0. The molecule has 1 heterocycles. The average molecular weight is 260 g/mol. The Bertz CT molecular complexity index is 632. The zero-order chi connectivity index (χ0) is 13.4. The van der Waals surface area contributed by atoms with E-state index in [1.165, 1.54) is 12.1 Å². The Morgan fingerprint density at radius 2 is 2.26 bits per heavy atom. The smallest absolute Gasteiger partial charge is 0.234 e.